The van der Waals surface area contributed by atoms with Gasteiger partial charge in [0.1, 0.15) is 6.10 Å². The first-order valence-corrected chi connectivity index (χ1v) is 16.3. The molecule has 1 saturated heterocycles. The predicted molar refractivity (Wildman–Crippen MR) is 179 cm³/mol. The van der Waals surface area contributed by atoms with E-state index >= 15 is 0 Å². The fraction of sp³-hybridized carbons (Fsp3) is 0.389. The van der Waals surface area contributed by atoms with Crippen LogP contribution >= 0.6 is 11.6 Å². The molecule has 3 aromatic rings. The van der Waals surface area contributed by atoms with Crippen molar-refractivity contribution < 1.29 is 23.9 Å². The molecule has 5 rings (SSSR count). The number of carbonyl (C=O) groups is 4. The van der Waals surface area contributed by atoms with Gasteiger partial charge in [-0.25, -0.2) is 0 Å². The van der Waals surface area contributed by atoms with E-state index in [1.807, 2.05) is 48.8 Å². The molecule has 1 N–H and O–H groups in total. The van der Waals surface area contributed by atoms with Crippen molar-refractivity contribution in [2.75, 3.05) is 49.5 Å². The minimum atomic E-state index is -0.549. The number of anilines is 2. The van der Waals surface area contributed by atoms with Gasteiger partial charge >= 0.3 is 5.97 Å². The summed E-state index contributed by atoms with van der Waals surface area (Å²) in [5.41, 5.74) is 4.67. The van der Waals surface area contributed by atoms with Gasteiger partial charge < -0.3 is 19.9 Å². The fourth-order valence-electron chi connectivity index (χ4n) is 6.13. The second kappa shape index (κ2) is 14.9. The minimum Gasteiger partial charge on any atom is -0.456 e. The second-order valence-corrected chi connectivity index (χ2v) is 12.4. The van der Waals surface area contributed by atoms with Gasteiger partial charge in [-0.3, -0.25) is 24.1 Å². The second-order valence-electron chi connectivity index (χ2n) is 12.0. The number of hydrogen-bond acceptors (Lipinski definition) is 6. The van der Waals surface area contributed by atoms with Gasteiger partial charge in [0.25, 0.3) is 11.8 Å². The summed E-state index contributed by atoms with van der Waals surface area (Å²) >= 11 is 6.41. The lowest BCUT2D eigenvalue weighted by molar-refractivity contribution is -0.151. The van der Waals surface area contributed by atoms with E-state index in [4.69, 9.17) is 16.3 Å². The zero-order valence-electron chi connectivity index (χ0n) is 26.7. The highest BCUT2D eigenvalue weighted by atomic mass is 35.5. The van der Waals surface area contributed by atoms with Crippen LogP contribution in [0.5, 0.6) is 0 Å². The first-order chi connectivity index (χ1) is 22.1. The number of aryl methyl sites for hydroxylation is 2. The molecular weight excluding hydrogens is 604 g/mol. The van der Waals surface area contributed by atoms with E-state index in [2.05, 4.69) is 5.32 Å². The van der Waals surface area contributed by atoms with Gasteiger partial charge in [-0.2, -0.15) is 0 Å². The molecule has 10 heteroatoms. The van der Waals surface area contributed by atoms with E-state index in [0.717, 1.165) is 17.5 Å². The minimum absolute atomic E-state index is 0.136. The Balaban J connectivity index is 1.27. The van der Waals surface area contributed by atoms with Gasteiger partial charge in [-0.05, 0) is 86.7 Å². The number of amides is 3. The van der Waals surface area contributed by atoms with Crippen LogP contribution in [0.2, 0.25) is 5.02 Å². The van der Waals surface area contributed by atoms with Crippen molar-refractivity contribution in [3.8, 4) is 0 Å². The van der Waals surface area contributed by atoms with E-state index in [9.17, 15) is 19.2 Å². The van der Waals surface area contributed by atoms with Crippen LogP contribution in [0, 0.1) is 13.8 Å². The highest BCUT2D eigenvalue weighted by Crippen LogP contribution is 2.38. The standard InChI is InChI=1S/C36H41ClN4O5/c1-4-8-33(42)40-19-17-39(18-20-40)23-34(43)46-32-11-7-16-41(31-15-12-26(37)22-30(31)32)36(45)29-14-13-27(21-25(29)3)38-35(44)28-10-6-5-9-24(28)2/h5-6,9-10,12-15,21-22,32H,4,7-8,11,16-20,23H2,1-3H3,(H,38,44). The number of nitrogens with one attached hydrogen (secondary N) is 1. The summed E-state index contributed by atoms with van der Waals surface area (Å²) in [6.45, 7) is 8.75. The Morgan fingerprint density at radius 1 is 0.891 bits per heavy atom. The molecule has 0 bridgehead atoms. The lowest BCUT2D eigenvalue weighted by atomic mass is 10.0. The number of hydrogen-bond donors (Lipinski definition) is 1. The third-order valence-electron chi connectivity index (χ3n) is 8.64. The number of nitrogens with zero attached hydrogens (tertiary/aromatic N) is 3. The van der Waals surface area contributed by atoms with E-state index in [-0.39, 0.29) is 30.2 Å². The number of rotatable bonds is 8. The molecule has 3 aromatic carbocycles. The zero-order valence-corrected chi connectivity index (χ0v) is 27.4. The monoisotopic (exact) mass is 644 g/mol. The molecule has 2 aliphatic rings. The molecule has 1 unspecified atom stereocenters. The van der Waals surface area contributed by atoms with E-state index in [1.54, 1.807) is 47.4 Å². The molecule has 0 radical (unpaired) electrons. The molecule has 3 amide bonds. The van der Waals surface area contributed by atoms with Crippen molar-refractivity contribution in [1.29, 1.82) is 0 Å². The molecule has 0 aliphatic carbocycles. The number of benzene rings is 3. The molecule has 2 heterocycles. The largest absolute Gasteiger partial charge is 0.456 e. The number of halogens is 1. The van der Waals surface area contributed by atoms with E-state index < -0.39 is 6.10 Å². The summed E-state index contributed by atoms with van der Waals surface area (Å²) in [4.78, 5) is 57.8. The van der Waals surface area contributed by atoms with Gasteiger partial charge in [0.15, 0.2) is 0 Å². The van der Waals surface area contributed by atoms with Crippen molar-refractivity contribution >= 4 is 46.7 Å². The maximum absolute atomic E-state index is 14.0. The Labute approximate surface area is 275 Å². The molecule has 242 valence electrons. The molecular formula is C36H41ClN4O5. The maximum atomic E-state index is 14.0. The topological polar surface area (TPSA) is 99.3 Å². The number of piperazine rings is 1. The maximum Gasteiger partial charge on any atom is 0.320 e. The van der Waals surface area contributed by atoms with Crippen molar-refractivity contribution in [3.63, 3.8) is 0 Å². The number of ether oxygens (including phenoxy) is 1. The molecule has 9 nitrogen and oxygen atoms in total. The van der Waals surface area contributed by atoms with Crippen LogP contribution in [0.3, 0.4) is 0 Å². The number of fused-ring (bicyclic) bond motifs is 1. The number of esters is 1. The zero-order chi connectivity index (χ0) is 32.8. The van der Waals surface area contributed by atoms with Crippen LogP contribution in [0.4, 0.5) is 11.4 Å². The molecule has 1 fully saturated rings. The van der Waals surface area contributed by atoms with Crippen LogP contribution in [0.1, 0.15) is 76.1 Å². The molecule has 0 spiro atoms. The molecule has 2 aliphatic heterocycles. The summed E-state index contributed by atoms with van der Waals surface area (Å²) in [6, 6.07) is 18.0. The smallest absolute Gasteiger partial charge is 0.320 e. The average molecular weight is 645 g/mol. The van der Waals surface area contributed by atoms with Crippen LogP contribution in [0.15, 0.2) is 60.7 Å². The normalized spacial score (nSPS) is 16.7. The van der Waals surface area contributed by atoms with E-state index in [0.29, 0.717) is 85.1 Å². The summed E-state index contributed by atoms with van der Waals surface area (Å²) in [6.07, 6.45) is 1.99. The van der Waals surface area contributed by atoms with Crippen LogP contribution < -0.4 is 10.2 Å². The van der Waals surface area contributed by atoms with E-state index in [1.165, 1.54) is 0 Å². The summed E-state index contributed by atoms with van der Waals surface area (Å²) in [7, 11) is 0. The Morgan fingerprint density at radius 2 is 1.65 bits per heavy atom. The third kappa shape index (κ3) is 7.77. The van der Waals surface area contributed by atoms with Crippen LogP contribution in [-0.4, -0.2) is 72.8 Å². The SMILES string of the molecule is CCCC(=O)N1CCN(CC(=O)OC2CCCN(C(=O)c3ccc(NC(=O)c4ccccc4C)cc3C)c3ccc(Cl)cc32)CC1. The molecule has 0 saturated carbocycles. The van der Waals surface area contributed by atoms with Gasteiger partial charge in [-0.15, -0.1) is 0 Å². The Kier molecular flexibility index (Phi) is 10.8. The van der Waals surface area contributed by atoms with Crippen molar-refractivity contribution in [3.05, 3.63) is 93.5 Å². The molecule has 0 aromatic heterocycles. The van der Waals surface area contributed by atoms with Crippen LogP contribution in [0.25, 0.3) is 0 Å². The highest BCUT2D eigenvalue weighted by molar-refractivity contribution is 6.30. The lowest BCUT2D eigenvalue weighted by Crippen LogP contribution is -2.50. The number of carbonyl (C=O) groups excluding carboxylic acids is 4. The summed E-state index contributed by atoms with van der Waals surface area (Å²) in [5.74, 6) is -0.574. The van der Waals surface area contributed by atoms with Gasteiger partial charge in [-0.1, -0.05) is 36.7 Å². The molecule has 1 atom stereocenters. The Morgan fingerprint density at radius 3 is 2.37 bits per heavy atom. The Bertz CT molecular complexity index is 1620. The highest BCUT2D eigenvalue weighted by Gasteiger charge is 2.31. The van der Waals surface area contributed by atoms with Crippen molar-refractivity contribution in [2.45, 2.75) is 52.6 Å². The van der Waals surface area contributed by atoms with Crippen LogP contribution in [-0.2, 0) is 14.3 Å². The third-order valence-corrected chi connectivity index (χ3v) is 8.88. The predicted octanol–water partition coefficient (Wildman–Crippen LogP) is 6.18. The summed E-state index contributed by atoms with van der Waals surface area (Å²) in [5, 5.41) is 3.43. The van der Waals surface area contributed by atoms with Crippen molar-refractivity contribution in [2.24, 2.45) is 0 Å². The molecule has 46 heavy (non-hydrogen) atoms. The van der Waals surface area contributed by atoms with Crippen molar-refractivity contribution in [1.82, 2.24) is 9.80 Å². The van der Waals surface area contributed by atoms with Gasteiger partial charge in [0.05, 0.1) is 12.2 Å². The first-order valence-electron chi connectivity index (χ1n) is 15.9. The van der Waals surface area contributed by atoms with Gasteiger partial charge in [0.2, 0.25) is 5.91 Å². The lowest BCUT2D eigenvalue weighted by Gasteiger charge is -2.34. The fourth-order valence-corrected chi connectivity index (χ4v) is 6.31. The Hall–Kier alpha value is -4.21. The average Bonchev–Trinajstić information content (AvgIpc) is 3.20. The first kappa shape index (κ1) is 33.2. The quantitative estimate of drug-likeness (QED) is 0.294. The summed E-state index contributed by atoms with van der Waals surface area (Å²) < 4.78 is 6.03. The van der Waals surface area contributed by atoms with Gasteiger partial charge in [0, 0.05) is 66.5 Å².